The molecule has 0 saturated heterocycles. The van der Waals surface area contributed by atoms with Crippen LogP contribution in [0.4, 0.5) is 0 Å². The zero-order valence-electron chi connectivity index (χ0n) is 12.4. The van der Waals surface area contributed by atoms with Crippen molar-refractivity contribution in [2.45, 2.75) is 38.8 Å². The van der Waals surface area contributed by atoms with E-state index in [4.69, 9.17) is 11.6 Å². The minimum absolute atomic E-state index is 0.105. The fraction of sp³-hybridized carbons (Fsp3) is 0.412. The van der Waals surface area contributed by atoms with Gasteiger partial charge in [0, 0.05) is 24.7 Å². The van der Waals surface area contributed by atoms with Gasteiger partial charge in [-0.3, -0.25) is 9.48 Å². The van der Waals surface area contributed by atoms with Gasteiger partial charge in [-0.05, 0) is 48.9 Å². The maximum atomic E-state index is 12.9. The van der Waals surface area contributed by atoms with Crippen LogP contribution in [0.3, 0.4) is 0 Å². The van der Waals surface area contributed by atoms with E-state index in [9.17, 15) is 4.79 Å². The largest absolute Gasteiger partial charge is 0.334 e. The fourth-order valence-corrected chi connectivity index (χ4v) is 3.66. The predicted octanol–water partition coefficient (Wildman–Crippen LogP) is 3.07. The summed E-state index contributed by atoms with van der Waals surface area (Å²) < 4.78 is 1.99. The third kappa shape index (κ3) is 2.31. The summed E-state index contributed by atoms with van der Waals surface area (Å²) >= 11 is 6.08. The molecular weight excluding hydrogens is 298 g/mol. The maximum absolute atomic E-state index is 12.9. The minimum Gasteiger partial charge on any atom is -0.334 e. The number of hydrogen-bond donors (Lipinski definition) is 0. The van der Waals surface area contributed by atoms with Crippen molar-refractivity contribution in [3.63, 3.8) is 0 Å². The van der Waals surface area contributed by atoms with Crippen molar-refractivity contribution in [1.82, 2.24) is 14.7 Å². The first-order chi connectivity index (χ1) is 10.7. The number of fused-ring (bicyclic) bond motifs is 2. The van der Waals surface area contributed by atoms with E-state index in [1.165, 1.54) is 5.56 Å². The van der Waals surface area contributed by atoms with Gasteiger partial charge in [0.2, 0.25) is 0 Å². The third-order valence-electron chi connectivity index (χ3n) is 4.68. The Morgan fingerprint density at radius 2 is 2.05 bits per heavy atom. The molecule has 3 heterocycles. The van der Waals surface area contributed by atoms with Crippen LogP contribution in [-0.2, 0) is 25.9 Å². The summed E-state index contributed by atoms with van der Waals surface area (Å²) in [6, 6.07) is 5.97. The highest BCUT2D eigenvalue weighted by Gasteiger charge is 2.26. The zero-order chi connectivity index (χ0) is 15.1. The molecule has 0 unspecified atom stereocenters. The molecule has 5 heteroatoms. The van der Waals surface area contributed by atoms with E-state index in [0.29, 0.717) is 6.54 Å². The van der Waals surface area contributed by atoms with E-state index in [2.05, 4.69) is 11.2 Å². The molecule has 0 bridgehead atoms. The standard InChI is InChI=1S/C17H18ClN3O/c18-14-5-4-12-6-8-20(11-13(12)9-14)17(22)15-10-19-21-7-2-1-3-16(15)21/h4-5,9-10H,1-3,6-8,11H2. The summed E-state index contributed by atoms with van der Waals surface area (Å²) in [5, 5.41) is 5.11. The van der Waals surface area contributed by atoms with Crippen LogP contribution in [-0.4, -0.2) is 27.1 Å². The van der Waals surface area contributed by atoms with Gasteiger partial charge in [-0.1, -0.05) is 17.7 Å². The summed E-state index contributed by atoms with van der Waals surface area (Å²) in [5.41, 5.74) is 4.34. The number of hydrogen-bond acceptors (Lipinski definition) is 2. The second-order valence-corrected chi connectivity index (χ2v) is 6.51. The van der Waals surface area contributed by atoms with Crippen LogP contribution in [0.2, 0.25) is 5.02 Å². The lowest BCUT2D eigenvalue weighted by molar-refractivity contribution is 0.0733. The molecule has 22 heavy (non-hydrogen) atoms. The van der Waals surface area contributed by atoms with Crippen LogP contribution >= 0.6 is 11.6 Å². The fourth-order valence-electron chi connectivity index (χ4n) is 3.47. The van der Waals surface area contributed by atoms with Crippen molar-refractivity contribution in [2.24, 2.45) is 0 Å². The highest BCUT2D eigenvalue weighted by Crippen LogP contribution is 2.25. The third-order valence-corrected chi connectivity index (χ3v) is 4.92. The first-order valence-electron chi connectivity index (χ1n) is 7.83. The molecular formula is C17H18ClN3O. The van der Waals surface area contributed by atoms with Crippen molar-refractivity contribution in [1.29, 1.82) is 0 Å². The Labute approximate surface area is 134 Å². The van der Waals surface area contributed by atoms with Crippen molar-refractivity contribution in [3.05, 3.63) is 51.8 Å². The molecule has 0 spiro atoms. The number of carbonyl (C=O) groups is 1. The van der Waals surface area contributed by atoms with E-state index in [0.717, 1.165) is 60.6 Å². The van der Waals surface area contributed by atoms with Gasteiger partial charge in [-0.25, -0.2) is 0 Å². The average molecular weight is 316 g/mol. The molecule has 0 saturated carbocycles. The Kier molecular flexibility index (Phi) is 3.41. The summed E-state index contributed by atoms with van der Waals surface area (Å²) in [7, 11) is 0. The topological polar surface area (TPSA) is 38.1 Å². The molecule has 2 aliphatic rings. The molecule has 0 fully saturated rings. The van der Waals surface area contributed by atoms with Crippen molar-refractivity contribution < 1.29 is 4.79 Å². The second-order valence-electron chi connectivity index (χ2n) is 6.07. The van der Waals surface area contributed by atoms with E-state index < -0.39 is 0 Å². The number of nitrogens with zero attached hydrogens (tertiary/aromatic N) is 3. The number of benzene rings is 1. The maximum Gasteiger partial charge on any atom is 0.257 e. The number of halogens is 1. The molecule has 2 aromatic rings. The predicted molar refractivity (Wildman–Crippen MR) is 85.1 cm³/mol. The highest BCUT2D eigenvalue weighted by molar-refractivity contribution is 6.30. The quantitative estimate of drug-likeness (QED) is 0.811. The normalized spacial score (nSPS) is 17.0. The van der Waals surface area contributed by atoms with Gasteiger partial charge in [-0.15, -0.1) is 0 Å². The molecule has 0 atom stereocenters. The van der Waals surface area contributed by atoms with E-state index in [1.54, 1.807) is 6.20 Å². The van der Waals surface area contributed by atoms with E-state index >= 15 is 0 Å². The first kappa shape index (κ1) is 13.8. The number of aromatic nitrogens is 2. The molecule has 0 N–H and O–H groups in total. The van der Waals surface area contributed by atoms with Crippen molar-refractivity contribution >= 4 is 17.5 Å². The highest BCUT2D eigenvalue weighted by atomic mass is 35.5. The summed E-state index contributed by atoms with van der Waals surface area (Å²) in [6.45, 7) is 2.33. The van der Waals surface area contributed by atoms with Gasteiger partial charge in [-0.2, -0.15) is 5.10 Å². The second kappa shape index (κ2) is 5.43. The Bertz CT molecular complexity index is 738. The van der Waals surface area contributed by atoms with E-state index in [1.807, 2.05) is 21.7 Å². The van der Waals surface area contributed by atoms with Crippen LogP contribution in [0.25, 0.3) is 0 Å². The van der Waals surface area contributed by atoms with Gasteiger partial charge < -0.3 is 4.90 Å². The first-order valence-corrected chi connectivity index (χ1v) is 8.21. The van der Waals surface area contributed by atoms with Crippen LogP contribution in [0, 0.1) is 0 Å². The van der Waals surface area contributed by atoms with Gasteiger partial charge in [0.25, 0.3) is 5.91 Å². The Hall–Kier alpha value is -1.81. The van der Waals surface area contributed by atoms with Crippen molar-refractivity contribution in [3.8, 4) is 0 Å². The monoisotopic (exact) mass is 315 g/mol. The molecule has 1 amide bonds. The Morgan fingerprint density at radius 3 is 2.95 bits per heavy atom. The molecule has 1 aromatic carbocycles. The number of rotatable bonds is 1. The van der Waals surface area contributed by atoms with Crippen LogP contribution in [0.15, 0.2) is 24.4 Å². The lowest BCUT2D eigenvalue weighted by Crippen LogP contribution is -2.36. The van der Waals surface area contributed by atoms with Crippen LogP contribution in [0.1, 0.15) is 40.0 Å². The van der Waals surface area contributed by atoms with Crippen LogP contribution in [0.5, 0.6) is 0 Å². The Balaban J connectivity index is 1.60. The van der Waals surface area contributed by atoms with Gasteiger partial charge in [0.1, 0.15) is 0 Å². The Morgan fingerprint density at radius 1 is 1.14 bits per heavy atom. The molecule has 0 aliphatic carbocycles. The average Bonchev–Trinajstić information content (AvgIpc) is 2.97. The van der Waals surface area contributed by atoms with Gasteiger partial charge in [0.15, 0.2) is 0 Å². The molecule has 0 radical (unpaired) electrons. The smallest absolute Gasteiger partial charge is 0.257 e. The number of carbonyl (C=O) groups excluding carboxylic acids is 1. The number of aryl methyl sites for hydroxylation is 1. The van der Waals surface area contributed by atoms with E-state index in [-0.39, 0.29) is 5.91 Å². The van der Waals surface area contributed by atoms with Gasteiger partial charge >= 0.3 is 0 Å². The molecule has 4 nitrogen and oxygen atoms in total. The lowest BCUT2D eigenvalue weighted by Gasteiger charge is -2.29. The summed E-state index contributed by atoms with van der Waals surface area (Å²) in [5.74, 6) is 0.105. The zero-order valence-corrected chi connectivity index (χ0v) is 13.1. The number of amides is 1. The van der Waals surface area contributed by atoms with Crippen molar-refractivity contribution in [2.75, 3.05) is 6.54 Å². The summed E-state index contributed by atoms with van der Waals surface area (Å²) in [6.07, 6.45) is 5.89. The molecule has 114 valence electrons. The molecule has 1 aromatic heterocycles. The molecule has 4 rings (SSSR count). The lowest BCUT2D eigenvalue weighted by atomic mass is 9.99. The SMILES string of the molecule is O=C(c1cnn2c1CCCC2)N1CCc2ccc(Cl)cc2C1. The summed E-state index contributed by atoms with van der Waals surface area (Å²) in [4.78, 5) is 14.8. The van der Waals surface area contributed by atoms with Gasteiger partial charge in [0.05, 0.1) is 17.5 Å². The molecule has 2 aliphatic heterocycles. The minimum atomic E-state index is 0.105. The van der Waals surface area contributed by atoms with Crippen LogP contribution < -0.4 is 0 Å².